The number of halogens is 1. The summed E-state index contributed by atoms with van der Waals surface area (Å²) in [6.45, 7) is 8.92. The van der Waals surface area contributed by atoms with Crippen molar-refractivity contribution in [1.29, 1.82) is 0 Å². The van der Waals surface area contributed by atoms with E-state index in [1.165, 1.54) is 0 Å². The van der Waals surface area contributed by atoms with Gasteiger partial charge < -0.3 is 31.3 Å². The second-order valence-corrected chi connectivity index (χ2v) is 15.7. The predicted octanol–water partition coefficient (Wildman–Crippen LogP) is 7.31. The summed E-state index contributed by atoms with van der Waals surface area (Å²) in [4.78, 5) is 54.1. The van der Waals surface area contributed by atoms with Crippen LogP contribution in [0.15, 0.2) is 60.7 Å². The van der Waals surface area contributed by atoms with E-state index in [4.69, 9.17) is 16.7 Å². The van der Waals surface area contributed by atoms with Gasteiger partial charge in [-0.25, -0.2) is 4.79 Å². The van der Waals surface area contributed by atoms with Crippen LogP contribution in [-0.4, -0.2) is 81.8 Å². The first kappa shape index (κ1) is 40.7. The summed E-state index contributed by atoms with van der Waals surface area (Å²) in [5.74, 6) is -0.666. The second-order valence-electron chi connectivity index (χ2n) is 15.4. The maximum atomic E-state index is 13.8. The lowest BCUT2D eigenvalue weighted by atomic mass is 9.81. The zero-order valence-corrected chi connectivity index (χ0v) is 33.3. The Bertz CT molecular complexity index is 2000. The Kier molecular flexibility index (Phi) is 13.7. The fraction of sp³-hybridized carbons (Fsp3) is 0.465. The fourth-order valence-corrected chi connectivity index (χ4v) is 8.63. The summed E-state index contributed by atoms with van der Waals surface area (Å²) in [5.41, 5.74) is 5.65. The van der Waals surface area contributed by atoms with Gasteiger partial charge in [0.1, 0.15) is 11.2 Å². The molecule has 4 amide bonds. The van der Waals surface area contributed by atoms with Crippen molar-refractivity contribution in [2.24, 2.45) is 11.8 Å². The van der Waals surface area contributed by atoms with E-state index in [1.807, 2.05) is 49.4 Å². The van der Waals surface area contributed by atoms with Crippen LogP contribution in [0.2, 0.25) is 5.15 Å². The molecule has 2 aliphatic rings. The van der Waals surface area contributed by atoms with Crippen molar-refractivity contribution in [3.8, 4) is 11.1 Å². The van der Waals surface area contributed by atoms with Crippen LogP contribution in [0.25, 0.3) is 22.0 Å². The number of carbonyl (C=O) groups is 4. The zero-order valence-electron chi connectivity index (χ0n) is 32.5. The standard InChI is InChI=1S/C43H54ClN7O5/c1-4-51(5-2)34-18-15-32(16-19-34)46-41(53)31-14-20-35(26(3)22-31)29-10-6-27(7-11-29)23-38(42(54)47-33-17-21-36-37(24-33)49-50-39(36)44)48-40(52)30-12-8-28(9-13-30)25-45-43(55)56/h6-7,10-11,14,17,20-22,24,28,30,32,34,38,45H,4-5,8-9,12-13,15-16,18-19,23,25H2,1-3H3,(H,46,53)(H,47,54)(H,48,52)(H,49,50)(H,55,56)/t28?,30?,32?,34?,38-/m0/s1. The van der Waals surface area contributed by atoms with Gasteiger partial charge in [-0.05, 0) is 130 Å². The third kappa shape index (κ3) is 10.3. The largest absolute Gasteiger partial charge is 0.465 e. The highest BCUT2D eigenvalue weighted by molar-refractivity contribution is 6.34. The summed E-state index contributed by atoms with van der Waals surface area (Å²) in [5, 5.41) is 28.7. The van der Waals surface area contributed by atoms with Gasteiger partial charge in [0.25, 0.3) is 5.91 Å². The average molecular weight is 784 g/mol. The van der Waals surface area contributed by atoms with E-state index < -0.39 is 12.1 Å². The summed E-state index contributed by atoms with van der Waals surface area (Å²) in [6.07, 6.45) is 6.11. The van der Waals surface area contributed by atoms with Crippen molar-refractivity contribution in [1.82, 2.24) is 31.0 Å². The van der Waals surface area contributed by atoms with Crippen LogP contribution in [0.4, 0.5) is 10.5 Å². The number of hydrogen-bond acceptors (Lipinski definition) is 6. The molecule has 3 aromatic carbocycles. The minimum Gasteiger partial charge on any atom is -0.465 e. The van der Waals surface area contributed by atoms with E-state index in [0.29, 0.717) is 47.3 Å². The van der Waals surface area contributed by atoms with Gasteiger partial charge in [0.15, 0.2) is 0 Å². The molecule has 0 radical (unpaired) electrons. The third-order valence-electron chi connectivity index (χ3n) is 11.7. The van der Waals surface area contributed by atoms with Gasteiger partial charge in [0.05, 0.1) is 5.52 Å². The van der Waals surface area contributed by atoms with Gasteiger partial charge in [-0.2, -0.15) is 5.10 Å². The molecule has 56 heavy (non-hydrogen) atoms. The fourth-order valence-electron chi connectivity index (χ4n) is 8.42. The number of carboxylic acid groups (broad SMARTS) is 1. The van der Waals surface area contributed by atoms with Crippen LogP contribution in [0.5, 0.6) is 0 Å². The number of carbonyl (C=O) groups excluding carboxylic acids is 3. The molecule has 0 saturated heterocycles. The molecule has 2 saturated carbocycles. The first-order chi connectivity index (χ1) is 27.0. The highest BCUT2D eigenvalue weighted by Crippen LogP contribution is 2.30. The van der Waals surface area contributed by atoms with Crippen molar-refractivity contribution in [3.05, 3.63) is 82.5 Å². The maximum absolute atomic E-state index is 13.8. The monoisotopic (exact) mass is 783 g/mol. The molecule has 1 heterocycles. The van der Waals surface area contributed by atoms with Crippen LogP contribution in [-0.2, 0) is 16.0 Å². The number of fused-ring (bicyclic) bond motifs is 1. The Labute approximate surface area is 333 Å². The maximum Gasteiger partial charge on any atom is 0.404 e. The second kappa shape index (κ2) is 18.8. The van der Waals surface area contributed by atoms with E-state index in [1.54, 1.807) is 18.2 Å². The number of aromatic nitrogens is 2. The van der Waals surface area contributed by atoms with E-state index in [-0.39, 0.29) is 42.0 Å². The number of aryl methyl sites for hydroxylation is 1. The molecule has 2 aliphatic carbocycles. The molecule has 6 N–H and O–H groups in total. The first-order valence-corrected chi connectivity index (χ1v) is 20.4. The number of aromatic amines is 1. The molecular weight excluding hydrogens is 730 g/mol. The SMILES string of the molecule is CCN(CC)C1CCC(NC(=O)c2ccc(-c3ccc(C[C@H](NC(=O)C4CCC(CNC(=O)O)CC4)C(=O)Nc4ccc5c(Cl)[nH]nc5c4)cc3)c(C)c2)CC1. The van der Waals surface area contributed by atoms with Crippen LogP contribution in [0, 0.1) is 18.8 Å². The summed E-state index contributed by atoms with van der Waals surface area (Å²) in [6, 6.07) is 19.0. The van der Waals surface area contributed by atoms with Gasteiger partial charge in [0.2, 0.25) is 11.8 Å². The molecule has 1 aromatic heterocycles. The molecule has 0 spiro atoms. The van der Waals surface area contributed by atoms with Crippen LogP contribution >= 0.6 is 11.6 Å². The minimum atomic E-state index is -1.05. The number of anilines is 1. The first-order valence-electron chi connectivity index (χ1n) is 20.0. The van der Waals surface area contributed by atoms with E-state index in [0.717, 1.165) is 79.3 Å². The molecule has 0 unspecified atom stereocenters. The lowest BCUT2D eigenvalue weighted by Gasteiger charge is -2.36. The Hall–Kier alpha value is -4.94. The van der Waals surface area contributed by atoms with Crippen LogP contribution in [0.1, 0.15) is 86.7 Å². The summed E-state index contributed by atoms with van der Waals surface area (Å²) < 4.78 is 0. The van der Waals surface area contributed by atoms with Crippen molar-refractivity contribution in [2.45, 2.75) is 96.7 Å². The quantitative estimate of drug-likeness (QED) is 0.0779. The Morgan fingerprint density at radius 3 is 2.29 bits per heavy atom. The van der Waals surface area contributed by atoms with Gasteiger partial charge in [-0.3, -0.25) is 19.5 Å². The zero-order chi connectivity index (χ0) is 39.8. The number of nitrogens with zero attached hydrogens (tertiary/aromatic N) is 2. The number of hydrogen-bond donors (Lipinski definition) is 6. The highest BCUT2D eigenvalue weighted by atomic mass is 35.5. The van der Waals surface area contributed by atoms with Gasteiger partial charge in [-0.1, -0.05) is 55.8 Å². The van der Waals surface area contributed by atoms with Gasteiger partial charge >= 0.3 is 6.09 Å². The minimum absolute atomic E-state index is 0.0380. The molecule has 2 fully saturated rings. The smallest absolute Gasteiger partial charge is 0.404 e. The van der Waals surface area contributed by atoms with Crippen molar-refractivity contribution >= 4 is 52.0 Å². The van der Waals surface area contributed by atoms with E-state index in [2.05, 4.69) is 50.2 Å². The van der Waals surface area contributed by atoms with Gasteiger partial charge in [-0.15, -0.1) is 0 Å². The summed E-state index contributed by atoms with van der Waals surface area (Å²) in [7, 11) is 0. The topological polar surface area (TPSA) is 169 Å². The van der Waals surface area contributed by atoms with E-state index in [9.17, 15) is 19.2 Å². The Morgan fingerprint density at radius 1 is 0.911 bits per heavy atom. The molecule has 13 heteroatoms. The normalized spacial score (nSPS) is 20.3. The van der Waals surface area contributed by atoms with Gasteiger partial charge in [0, 0.05) is 47.6 Å². The highest BCUT2D eigenvalue weighted by Gasteiger charge is 2.30. The molecule has 0 bridgehead atoms. The Balaban J connectivity index is 1.10. The van der Waals surface area contributed by atoms with Crippen LogP contribution in [0.3, 0.4) is 0 Å². The lowest BCUT2D eigenvalue weighted by molar-refractivity contribution is -0.130. The number of amides is 4. The van der Waals surface area contributed by atoms with Crippen molar-refractivity contribution < 1.29 is 24.3 Å². The Morgan fingerprint density at radius 2 is 1.62 bits per heavy atom. The number of rotatable bonds is 14. The number of nitrogens with one attached hydrogen (secondary N) is 5. The van der Waals surface area contributed by atoms with Crippen molar-refractivity contribution in [2.75, 3.05) is 25.0 Å². The molecule has 0 aliphatic heterocycles. The molecular formula is C43H54ClN7O5. The number of H-pyrrole nitrogens is 1. The van der Waals surface area contributed by atoms with Crippen molar-refractivity contribution in [3.63, 3.8) is 0 Å². The summed E-state index contributed by atoms with van der Waals surface area (Å²) >= 11 is 6.17. The number of benzene rings is 3. The molecule has 4 aromatic rings. The predicted molar refractivity (Wildman–Crippen MR) is 220 cm³/mol. The molecule has 298 valence electrons. The van der Waals surface area contributed by atoms with E-state index >= 15 is 0 Å². The molecule has 12 nitrogen and oxygen atoms in total. The third-order valence-corrected chi connectivity index (χ3v) is 12.0. The lowest BCUT2D eigenvalue weighted by Crippen LogP contribution is -2.48. The molecule has 6 rings (SSSR count). The van der Waals surface area contributed by atoms with Crippen LogP contribution < -0.4 is 21.3 Å². The average Bonchev–Trinajstić information content (AvgIpc) is 3.57. The molecule has 1 atom stereocenters.